The molecule has 0 N–H and O–H groups in total. The van der Waals surface area contributed by atoms with E-state index in [1.54, 1.807) is 11.8 Å². The van der Waals surface area contributed by atoms with Crippen molar-refractivity contribution in [3.63, 3.8) is 0 Å². The molecule has 0 aromatic heterocycles. The van der Waals surface area contributed by atoms with Gasteiger partial charge in [0.05, 0.1) is 0 Å². The first-order chi connectivity index (χ1) is 9.60. The zero-order valence-electron chi connectivity index (χ0n) is 11.6. The highest BCUT2D eigenvalue weighted by Gasteiger charge is 2.21. The Bertz CT molecular complexity index is 571. The van der Waals surface area contributed by atoms with Gasteiger partial charge in [0, 0.05) is 5.75 Å². The van der Waals surface area contributed by atoms with Gasteiger partial charge < -0.3 is 0 Å². The molecule has 1 heterocycles. The number of rotatable bonds is 4. The van der Waals surface area contributed by atoms with Crippen LogP contribution in [0.5, 0.6) is 0 Å². The Kier molecular flexibility index (Phi) is 5.26. The van der Waals surface area contributed by atoms with Crippen LogP contribution in [-0.2, 0) is 4.79 Å². The van der Waals surface area contributed by atoms with Crippen LogP contribution in [0.3, 0.4) is 0 Å². The molecular formula is C16H17NOS2. The Morgan fingerprint density at radius 2 is 2.05 bits per heavy atom. The van der Waals surface area contributed by atoms with Crippen molar-refractivity contribution in [1.29, 1.82) is 0 Å². The van der Waals surface area contributed by atoms with Crippen LogP contribution in [0.2, 0.25) is 0 Å². The van der Waals surface area contributed by atoms with Crippen molar-refractivity contribution < 1.29 is 4.79 Å². The third kappa shape index (κ3) is 3.87. The maximum atomic E-state index is 11.9. The molecule has 1 aromatic carbocycles. The number of carbonyl (C=O) groups excluding carboxylic acids is 1. The zero-order chi connectivity index (χ0) is 14.5. The Morgan fingerprint density at radius 3 is 2.65 bits per heavy atom. The fourth-order valence-electron chi connectivity index (χ4n) is 1.72. The van der Waals surface area contributed by atoms with Gasteiger partial charge in [-0.15, -0.1) is 6.58 Å². The van der Waals surface area contributed by atoms with Crippen LogP contribution < -0.4 is 0 Å². The summed E-state index contributed by atoms with van der Waals surface area (Å²) in [5.74, 6) is 1.29. The summed E-state index contributed by atoms with van der Waals surface area (Å²) in [6, 6.07) is 8.26. The number of benzene rings is 1. The van der Waals surface area contributed by atoms with Crippen LogP contribution >= 0.6 is 23.5 Å². The number of aliphatic imine (C=N–C) groups is 1. The summed E-state index contributed by atoms with van der Waals surface area (Å²) >= 11 is 2.74. The van der Waals surface area contributed by atoms with Crippen LogP contribution in [0.15, 0.2) is 47.6 Å². The lowest BCUT2D eigenvalue weighted by molar-refractivity contribution is -0.107. The maximum Gasteiger partial charge on any atom is 0.244 e. The van der Waals surface area contributed by atoms with Gasteiger partial charge in [-0.1, -0.05) is 56.0 Å². The van der Waals surface area contributed by atoms with E-state index < -0.39 is 0 Å². The lowest BCUT2D eigenvalue weighted by Gasteiger charge is -2.04. The van der Waals surface area contributed by atoms with Crippen molar-refractivity contribution in [2.75, 3.05) is 5.75 Å². The summed E-state index contributed by atoms with van der Waals surface area (Å²) in [7, 11) is 0. The van der Waals surface area contributed by atoms with Gasteiger partial charge in [-0.3, -0.25) is 4.79 Å². The van der Waals surface area contributed by atoms with Gasteiger partial charge in [-0.2, -0.15) is 0 Å². The first-order valence-electron chi connectivity index (χ1n) is 6.46. The molecule has 1 aliphatic rings. The number of hydrogen-bond donors (Lipinski definition) is 0. The van der Waals surface area contributed by atoms with E-state index in [2.05, 4.69) is 37.6 Å². The molecule has 2 rings (SSSR count). The standard InChI is InChI=1S/C16H17NOS2/c1-4-9-19-16-17-14(15(18)20-16)10-12-5-7-13(8-6-12)11(2)3/h4-8,10-11H,1,9H2,2-3H3/b14-10+. The Morgan fingerprint density at radius 1 is 1.35 bits per heavy atom. The average molecular weight is 303 g/mol. The number of thioether (sulfide) groups is 2. The molecule has 1 aliphatic heterocycles. The molecule has 0 amide bonds. The van der Waals surface area contributed by atoms with Gasteiger partial charge in [-0.05, 0) is 34.9 Å². The lowest BCUT2D eigenvalue weighted by atomic mass is 10.0. The van der Waals surface area contributed by atoms with E-state index >= 15 is 0 Å². The lowest BCUT2D eigenvalue weighted by Crippen LogP contribution is -1.89. The summed E-state index contributed by atoms with van der Waals surface area (Å²) in [5.41, 5.74) is 2.83. The van der Waals surface area contributed by atoms with Gasteiger partial charge in [0.1, 0.15) is 10.1 Å². The normalized spacial score (nSPS) is 16.9. The number of hydrogen-bond acceptors (Lipinski definition) is 4. The van der Waals surface area contributed by atoms with Crippen molar-refractivity contribution in [2.45, 2.75) is 19.8 Å². The third-order valence-electron chi connectivity index (χ3n) is 2.83. The smallest absolute Gasteiger partial charge is 0.244 e. The molecular weight excluding hydrogens is 286 g/mol. The van der Waals surface area contributed by atoms with Crippen molar-refractivity contribution in [3.8, 4) is 0 Å². The third-order valence-corrected chi connectivity index (χ3v) is 4.84. The molecule has 0 radical (unpaired) electrons. The highest BCUT2D eigenvalue weighted by atomic mass is 32.2. The summed E-state index contributed by atoms with van der Waals surface area (Å²) < 4.78 is 0.806. The molecule has 1 aromatic rings. The van der Waals surface area contributed by atoms with Gasteiger partial charge in [0.2, 0.25) is 5.12 Å². The Balaban J connectivity index is 2.15. The van der Waals surface area contributed by atoms with Crippen LogP contribution in [0.4, 0.5) is 0 Å². The second-order valence-electron chi connectivity index (χ2n) is 4.72. The van der Waals surface area contributed by atoms with Crippen molar-refractivity contribution in [2.24, 2.45) is 4.99 Å². The largest absolute Gasteiger partial charge is 0.279 e. The second-order valence-corrected chi connectivity index (χ2v) is 6.95. The minimum atomic E-state index is 0.0181. The van der Waals surface area contributed by atoms with E-state index in [9.17, 15) is 4.79 Å². The molecule has 0 bridgehead atoms. The Labute approximate surface area is 128 Å². The van der Waals surface area contributed by atoms with Gasteiger partial charge in [0.15, 0.2) is 0 Å². The van der Waals surface area contributed by atoms with Crippen LogP contribution in [0.1, 0.15) is 30.9 Å². The van der Waals surface area contributed by atoms with E-state index in [0.29, 0.717) is 11.6 Å². The first kappa shape index (κ1) is 15.1. The highest BCUT2D eigenvalue weighted by molar-refractivity contribution is 8.45. The van der Waals surface area contributed by atoms with Crippen molar-refractivity contribution in [3.05, 3.63) is 53.7 Å². The van der Waals surface area contributed by atoms with E-state index in [1.165, 1.54) is 17.3 Å². The summed E-state index contributed by atoms with van der Waals surface area (Å²) in [6.07, 6.45) is 3.66. The molecule has 104 valence electrons. The minimum Gasteiger partial charge on any atom is -0.279 e. The van der Waals surface area contributed by atoms with Gasteiger partial charge >= 0.3 is 0 Å². The van der Waals surface area contributed by atoms with Crippen molar-refractivity contribution >= 4 is 39.1 Å². The first-order valence-corrected chi connectivity index (χ1v) is 8.26. The Hall–Kier alpha value is -1.26. The summed E-state index contributed by atoms with van der Waals surface area (Å²) in [4.78, 5) is 16.2. The average Bonchev–Trinajstić information content (AvgIpc) is 2.77. The SMILES string of the molecule is C=CCSC1=N/C(=C/c2ccc(C(C)C)cc2)C(=O)S1. The quantitative estimate of drug-likeness (QED) is 0.596. The fraction of sp³-hybridized carbons (Fsp3) is 0.250. The summed E-state index contributed by atoms with van der Waals surface area (Å²) in [5, 5.41) is 0.0181. The number of carbonyl (C=O) groups is 1. The van der Waals surface area contributed by atoms with Gasteiger partial charge in [0.25, 0.3) is 0 Å². The van der Waals surface area contributed by atoms with Gasteiger partial charge in [-0.25, -0.2) is 4.99 Å². The fourth-order valence-corrected chi connectivity index (χ4v) is 3.32. The van der Waals surface area contributed by atoms with Crippen LogP contribution in [-0.4, -0.2) is 15.2 Å². The van der Waals surface area contributed by atoms with E-state index in [1.807, 2.05) is 24.3 Å². The predicted octanol–water partition coefficient (Wildman–Crippen LogP) is 4.70. The predicted molar refractivity (Wildman–Crippen MR) is 91.2 cm³/mol. The molecule has 4 heteroatoms. The molecule has 20 heavy (non-hydrogen) atoms. The molecule has 0 aliphatic carbocycles. The van der Waals surface area contributed by atoms with Crippen molar-refractivity contribution in [1.82, 2.24) is 0 Å². The maximum absolute atomic E-state index is 11.9. The zero-order valence-corrected chi connectivity index (χ0v) is 13.3. The molecule has 0 unspecified atom stereocenters. The molecule has 2 nitrogen and oxygen atoms in total. The van der Waals surface area contributed by atoms with E-state index in [4.69, 9.17) is 0 Å². The molecule has 0 atom stereocenters. The number of nitrogens with zero attached hydrogens (tertiary/aromatic N) is 1. The second kappa shape index (κ2) is 6.95. The molecule has 0 saturated carbocycles. The highest BCUT2D eigenvalue weighted by Crippen LogP contribution is 2.31. The van der Waals surface area contributed by atoms with E-state index in [0.717, 1.165) is 15.7 Å². The van der Waals surface area contributed by atoms with E-state index in [-0.39, 0.29) is 5.12 Å². The van der Waals surface area contributed by atoms with Crippen LogP contribution in [0, 0.1) is 0 Å². The summed E-state index contributed by atoms with van der Waals surface area (Å²) in [6.45, 7) is 7.99. The molecule has 0 spiro atoms. The molecule has 0 fully saturated rings. The topological polar surface area (TPSA) is 29.4 Å². The molecule has 0 saturated heterocycles. The van der Waals surface area contributed by atoms with Crippen LogP contribution in [0.25, 0.3) is 6.08 Å². The minimum absolute atomic E-state index is 0.0181. The monoisotopic (exact) mass is 303 g/mol.